The molecule has 0 amide bonds. The van der Waals surface area contributed by atoms with Crippen LogP contribution in [0, 0.1) is 6.92 Å². The van der Waals surface area contributed by atoms with Crippen molar-refractivity contribution in [2.45, 2.75) is 26.8 Å². The Labute approximate surface area is 101 Å². The summed E-state index contributed by atoms with van der Waals surface area (Å²) in [7, 11) is 0. The monoisotopic (exact) mass is 267 g/mol. The number of aryl methyl sites for hydroxylation is 1. The van der Waals surface area contributed by atoms with E-state index < -0.39 is 0 Å². The molecule has 2 heteroatoms. The Bertz CT molecular complexity index is 337. The fraction of sp³-hybridized carbons (Fsp3) is 0.385. The average Bonchev–Trinajstić information content (AvgIpc) is 2.11. The molecule has 0 spiro atoms. The van der Waals surface area contributed by atoms with Crippen molar-refractivity contribution in [1.29, 1.82) is 0 Å². The molecule has 1 N–H and O–H groups in total. The second-order valence-corrected chi connectivity index (χ2v) is 4.81. The van der Waals surface area contributed by atoms with Gasteiger partial charge in [0.05, 0.1) is 6.04 Å². The first-order chi connectivity index (χ1) is 7.04. The lowest BCUT2D eigenvalue weighted by molar-refractivity contribution is 0.621. The highest BCUT2D eigenvalue weighted by Crippen LogP contribution is 2.24. The van der Waals surface area contributed by atoms with E-state index in [0.29, 0.717) is 0 Å². The van der Waals surface area contributed by atoms with Crippen LogP contribution >= 0.6 is 15.9 Å². The van der Waals surface area contributed by atoms with Crippen molar-refractivity contribution in [1.82, 2.24) is 5.32 Å². The standard InChI is InChI=1S/C13H18BrN/c1-5-15-13(9(2)3)11-6-10(4)7-12(14)8-11/h6-8,13,15H,2,5H2,1,3-4H3. The third-order valence-corrected chi connectivity index (χ3v) is 2.76. The summed E-state index contributed by atoms with van der Waals surface area (Å²) in [6.07, 6.45) is 0. The number of rotatable bonds is 4. The molecular weight excluding hydrogens is 250 g/mol. The van der Waals surface area contributed by atoms with Crippen molar-refractivity contribution in [2.75, 3.05) is 6.54 Å². The Balaban J connectivity index is 3.05. The smallest absolute Gasteiger partial charge is 0.0531 e. The average molecular weight is 268 g/mol. The molecule has 0 aromatic heterocycles. The Morgan fingerprint density at radius 3 is 2.60 bits per heavy atom. The zero-order chi connectivity index (χ0) is 11.4. The van der Waals surface area contributed by atoms with Crippen LogP contribution in [0.5, 0.6) is 0 Å². The van der Waals surface area contributed by atoms with Crippen molar-refractivity contribution in [2.24, 2.45) is 0 Å². The van der Waals surface area contributed by atoms with Crippen LogP contribution in [0.15, 0.2) is 34.8 Å². The summed E-state index contributed by atoms with van der Waals surface area (Å²) in [6.45, 7) is 11.3. The Kier molecular flexibility index (Phi) is 4.55. The lowest BCUT2D eigenvalue weighted by Crippen LogP contribution is -2.21. The molecule has 1 aromatic rings. The van der Waals surface area contributed by atoms with Crippen LogP contribution in [0.4, 0.5) is 0 Å². The summed E-state index contributed by atoms with van der Waals surface area (Å²) in [5, 5.41) is 3.43. The molecule has 1 rings (SSSR count). The molecule has 0 aliphatic heterocycles. The molecule has 0 saturated carbocycles. The van der Waals surface area contributed by atoms with Crippen molar-refractivity contribution >= 4 is 15.9 Å². The second kappa shape index (κ2) is 5.47. The van der Waals surface area contributed by atoms with Gasteiger partial charge in [0.2, 0.25) is 0 Å². The van der Waals surface area contributed by atoms with Gasteiger partial charge in [-0.1, -0.05) is 41.1 Å². The number of benzene rings is 1. The van der Waals surface area contributed by atoms with Gasteiger partial charge in [0, 0.05) is 4.47 Å². The van der Waals surface area contributed by atoms with Gasteiger partial charge in [-0.2, -0.15) is 0 Å². The largest absolute Gasteiger partial charge is 0.307 e. The van der Waals surface area contributed by atoms with E-state index in [1.165, 1.54) is 11.1 Å². The molecular formula is C13H18BrN. The molecule has 1 atom stereocenters. The fourth-order valence-corrected chi connectivity index (χ4v) is 2.34. The molecule has 0 aliphatic carbocycles. The van der Waals surface area contributed by atoms with Gasteiger partial charge in [-0.3, -0.25) is 0 Å². The molecule has 0 fully saturated rings. The van der Waals surface area contributed by atoms with Crippen LogP contribution in [0.1, 0.15) is 31.0 Å². The van der Waals surface area contributed by atoms with Gasteiger partial charge in [-0.05, 0) is 43.7 Å². The van der Waals surface area contributed by atoms with Gasteiger partial charge in [-0.25, -0.2) is 0 Å². The highest BCUT2D eigenvalue weighted by Gasteiger charge is 2.11. The lowest BCUT2D eigenvalue weighted by Gasteiger charge is -2.19. The van der Waals surface area contributed by atoms with Crippen molar-refractivity contribution in [3.8, 4) is 0 Å². The van der Waals surface area contributed by atoms with Gasteiger partial charge in [0.25, 0.3) is 0 Å². The van der Waals surface area contributed by atoms with Crippen LogP contribution in [0.3, 0.4) is 0 Å². The summed E-state index contributed by atoms with van der Waals surface area (Å²) in [4.78, 5) is 0. The summed E-state index contributed by atoms with van der Waals surface area (Å²) in [5.41, 5.74) is 3.69. The third-order valence-electron chi connectivity index (χ3n) is 2.30. The maximum absolute atomic E-state index is 4.03. The van der Waals surface area contributed by atoms with E-state index in [1.807, 2.05) is 0 Å². The number of hydrogen-bond donors (Lipinski definition) is 1. The Morgan fingerprint density at radius 2 is 2.13 bits per heavy atom. The minimum absolute atomic E-state index is 0.256. The summed E-state index contributed by atoms with van der Waals surface area (Å²) < 4.78 is 1.13. The third kappa shape index (κ3) is 3.47. The van der Waals surface area contributed by atoms with Crippen molar-refractivity contribution in [3.05, 3.63) is 46.0 Å². The second-order valence-electron chi connectivity index (χ2n) is 3.90. The van der Waals surface area contributed by atoms with Gasteiger partial charge in [-0.15, -0.1) is 0 Å². The van der Waals surface area contributed by atoms with Gasteiger partial charge in [0.15, 0.2) is 0 Å². The first-order valence-electron chi connectivity index (χ1n) is 5.20. The summed E-state index contributed by atoms with van der Waals surface area (Å²) >= 11 is 3.52. The van der Waals surface area contributed by atoms with E-state index in [4.69, 9.17) is 0 Å². The molecule has 1 unspecified atom stereocenters. The minimum Gasteiger partial charge on any atom is -0.307 e. The fourth-order valence-electron chi connectivity index (χ4n) is 1.71. The maximum atomic E-state index is 4.03. The van der Waals surface area contributed by atoms with Crippen LogP contribution in [-0.4, -0.2) is 6.54 Å². The molecule has 0 aliphatic rings. The highest BCUT2D eigenvalue weighted by molar-refractivity contribution is 9.10. The van der Waals surface area contributed by atoms with E-state index in [9.17, 15) is 0 Å². The van der Waals surface area contributed by atoms with E-state index in [2.05, 4.69) is 66.8 Å². The molecule has 82 valence electrons. The Hall–Kier alpha value is -0.600. The number of nitrogens with one attached hydrogen (secondary N) is 1. The van der Waals surface area contributed by atoms with Crippen LogP contribution in [0.25, 0.3) is 0 Å². The highest BCUT2D eigenvalue weighted by atomic mass is 79.9. The molecule has 1 nitrogen and oxygen atoms in total. The predicted octanol–water partition coefficient (Wildman–Crippen LogP) is 3.98. The first-order valence-corrected chi connectivity index (χ1v) is 5.99. The zero-order valence-corrected chi connectivity index (χ0v) is 11.2. The SMILES string of the molecule is C=C(C)C(NCC)c1cc(C)cc(Br)c1. The maximum Gasteiger partial charge on any atom is 0.0531 e. The molecule has 0 heterocycles. The van der Waals surface area contributed by atoms with Crippen molar-refractivity contribution < 1.29 is 0 Å². The van der Waals surface area contributed by atoms with Crippen LogP contribution in [-0.2, 0) is 0 Å². The lowest BCUT2D eigenvalue weighted by atomic mass is 9.99. The quantitative estimate of drug-likeness (QED) is 0.814. The van der Waals surface area contributed by atoms with Gasteiger partial charge in [0.1, 0.15) is 0 Å². The first kappa shape index (κ1) is 12.5. The van der Waals surface area contributed by atoms with Gasteiger partial charge >= 0.3 is 0 Å². The van der Waals surface area contributed by atoms with E-state index in [-0.39, 0.29) is 6.04 Å². The Morgan fingerprint density at radius 1 is 1.47 bits per heavy atom. The van der Waals surface area contributed by atoms with Crippen LogP contribution in [0.2, 0.25) is 0 Å². The number of halogens is 1. The molecule has 15 heavy (non-hydrogen) atoms. The minimum atomic E-state index is 0.256. The van der Waals surface area contributed by atoms with E-state index in [0.717, 1.165) is 16.6 Å². The predicted molar refractivity (Wildman–Crippen MR) is 70.1 cm³/mol. The molecule has 0 radical (unpaired) electrons. The zero-order valence-electron chi connectivity index (χ0n) is 9.60. The van der Waals surface area contributed by atoms with E-state index in [1.54, 1.807) is 0 Å². The molecule has 0 saturated heterocycles. The molecule has 0 bridgehead atoms. The molecule has 1 aromatic carbocycles. The van der Waals surface area contributed by atoms with E-state index >= 15 is 0 Å². The van der Waals surface area contributed by atoms with Gasteiger partial charge < -0.3 is 5.32 Å². The topological polar surface area (TPSA) is 12.0 Å². The van der Waals surface area contributed by atoms with Crippen molar-refractivity contribution in [3.63, 3.8) is 0 Å². The summed E-state index contributed by atoms with van der Waals surface area (Å²) in [5.74, 6) is 0. The normalized spacial score (nSPS) is 12.5. The number of likely N-dealkylation sites (N-methyl/N-ethyl adjacent to an activating group) is 1. The summed E-state index contributed by atoms with van der Waals surface area (Å²) in [6, 6.07) is 6.72. The van der Waals surface area contributed by atoms with Crippen LogP contribution < -0.4 is 5.32 Å². The number of hydrogen-bond acceptors (Lipinski definition) is 1.